The lowest BCUT2D eigenvalue weighted by atomic mass is 9.95. The average molecular weight is 204 g/mol. The van der Waals surface area contributed by atoms with E-state index in [1.807, 2.05) is 20.0 Å². The largest absolute Gasteiger partial charge is 0.325 e. The second-order valence-corrected chi connectivity index (χ2v) is 3.41. The van der Waals surface area contributed by atoms with Crippen molar-refractivity contribution >= 4 is 36.5 Å². The van der Waals surface area contributed by atoms with E-state index in [2.05, 4.69) is 10.6 Å². The van der Waals surface area contributed by atoms with Gasteiger partial charge in [-0.3, -0.25) is 9.59 Å². The summed E-state index contributed by atoms with van der Waals surface area (Å²) in [6.07, 6.45) is 0. The highest BCUT2D eigenvalue weighted by Crippen LogP contribution is 2.19. The number of nitrogens with one attached hydrogen (secondary N) is 2. The number of carbonyl (C=O) groups is 2. The first-order chi connectivity index (χ1) is 6.99. The third-order valence-electron chi connectivity index (χ3n) is 1.80. The van der Waals surface area contributed by atoms with Crippen LogP contribution in [-0.2, 0) is 9.59 Å². The van der Waals surface area contributed by atoms with E-state index < -0.39 is 0 Å². The van der Waals surface area contributed by atoms with E-state index in [9.17, 15) is 9.59 Å². The second-order valence-electron chi connectivity index (χ2n) is 3.41. The monoisotopic (exact) mass is 204 g/mol. The van der Waals surface area contributed by atoms with Crippen LogP contribution in [0.5, 0.6) is 0 Å². The quantitative estimate of drug-likeness (QED) is 0.658. The summed E-state index contributed by atoms with van der Waals surface area (Å²) in [6, 6.07) is 5.45. The van der Waals surface area contributed by atoms with Gasteiger partial charge in [-0.2, -0.15) is 0 Å². The fourth-order valence-corrected chi connectivity index (χ4v) is 1.25. The van der Waals surface area contributed by atoms with E-state index >= 15 is 0 Å². The van der Waals surface area contributed by atoms with Crippen molar-refractivity contribution in [3.05, 3.63) is 18.2 Å². The second kappa shape index (κ2) is 4.64. The molecule has 0 bridgehead atoms. The maximum Gasteiger partial charge on any atom is 0.221 e. The molecule has 15 heavy (non-hydrogen) atoms. The smallest absolute Gasteiger partial charge is 0.221 e. The molecule has 0 aliphatic heterocycles. The van der Waals surface area contributed by atoms with Crippen LogP contribution in [0.4, 0.5) is 11.4 Å². The highest BCUT2D eigenvalue weighted by Gasteiger charge is 2.05. The van der Waals surface area contributed by atoms with Gasteiger partial charge in [-0.25, -0.2) is 0 Å². The van der Waals surface area contributed by atoms with Gasteiger partial charge in [-0.05, 0) is 12.1 Å². The summed E-state index contributed by atoms with van der Waals surface area (Å²) in [7, 11) is 1.92. The minimum Gasteiger partial charge on any atom is -0.325 e. The normalized spacial score (nSPS) is 9.47. The van der Waals surface area contributed by atoms with Crippen molar-refractivity contribution in [1.29, 1.82) is 0 Å². The van der Waals surface area contributed by atoms with Crippen LogP contribution in [0.15, 0.2) is 18.2 Å². The molecule has 1 aromatic rings. The minimum absolute atomic E-state index is 0.160. The van der Waals surface area contributed by atoms with Gasteiger partial charge in [0.25, 0.3) is 0 Å². The van der Waals surface area contributed by atoms with Crippen LogP contribution in [0.3, 0.4) is 0 Å². The van der Waals surface area contributed by atoms with E-state index in [0.29, 0.717) is 11.4 Å². The summed E-state index contributed by atoms with van der Waals surface area (Å²) < 4.78 is 0. The number of benzene rings is 1. The lowest BCUT2D eigenvalue weighted by molar-refractivity contribution is -0.115. The van der Waals surface area contributed by atoms with E-state index in [1.165, 1.54) is 13.8 Å². The average Bonchev–Trinajstić information content (AvgIpc) is 2.08. The van der Waals surface area contributed by atoms with Gasteiger partial charge in [0.15, 0.2) is 0 Å². The zero-order valence-electron chi connectivity index (χ0n) is 9.05. The van der Waals surface area contributed by atoms with Gasteiger partial charge in [0, 0.05) is 13.8 Å². The highest BCUT2D eigenvalue weighted by atomic mass is 16.2. The summed E-state index contributed by atoms with van der Waals surface area (Å²) in [5, 5.41) is 5.32. The van der Waals surface area contributed by atoms with Gasteiger partial charge in [0.2, 0.25) is 11.8 Å². The Morgan fingerprint density at radius 2 is 1.60 bits per heavy atom. The predicted molar refractivity (Wildman–Crippen MR) is 63.2 cm³/mol. The topological polar surface area (TPSA) is 58.2 Å². The van der Waals surface area contributed by atoms with Gasteiger partial charge in [0.1, 0.15) is 7.85 Å². The molecule has 0 spiro atoms. The third-order valence-corrected chi connectivity index (χ3v) is 1.80. The summed E-state index contributed by atoms with van der Waals surface area (Å²) in [6.45, 7) is 2.86. The SMILES string of the molecule is Bc1ccc(NC(C)=O)c(NC(C)=O)c1. The molecule has 2 N–H and O–H groups in total. The van der Waals surface area contributed by atoms with Crippen molar-refractivity contribution < 1.29 is 9.59 Å². The van der Waals surface area contributed by atoms with E-state index in [0.717, 1.165) is 5.46 Å². The Labute approximate surface area is 89.5 Å². The van der Waals surface area contributed by atoms with Crippen LogP contribution in [0.2, 0.25) is 0 Å². The zero-order chi connectivity index (χ0) is 11.4. The molecule has 1 rings (SSSR count). The summed E-state index contributed by atoms with van der Waals surface area (Å²) in [5.41, 5.74) is 2.26. The number of amides is 2. The lowest BCUT2D eigenvalue weighted by Crippen LogP contribution is -2.15. The molecule has 0 saturated heterocycles. The van der Waals surface area contributed by atoms with Crippen LogP contribution in [0.25, 0.3) is 0 Å². The van der Waals surface area contributed by atoms with Gasteiger partial charge in [-0.15, -0.1) is 0 Å². The Balaban J connectivity index is 3.02. The van der Waals surface area contributed by atoms with Crippen molar-refractivity contribution in [2.75, 3.05) is 10.6 Å². The van der Waals surface area contributed by atoms with Crippen molar-refractivity contribution in [1.82, 2.24) is 0 Å². The van der Waals surface area contributed by atoms with Crippen LogP contribution >= 0.6 is 0 Å². The zero-order valence-corrected chi connectivity index (χ0v) is 9.05. The van der Waals surface area contributed by atoms with E-state index in [-0.39, 0.29) is 11.8 Å². The van der Waals surface area contributed by atoms with Gasteiger partial charge in [-0.1, -0.05) is 11.5 Å². The first-order valence-electron chi connectivity index (χ1n) is 4.65. The Kier molecular flexibility index (Phi) is 3.49. The summed E-state index contributed by atoms with van der Waals surface area (Å²) in [5.74, 6) is -0.322. The van der Waals surface area contributed by atoms with Crippen LogP contribution in [0, 0.1) is 0 Å². The van der Waals surface area contributed by atoms with Crippen LogP contribution in [-0.4, -0.2) is 19.7 Å². The van der Waals surface area contributed by atoms with E-state index in [4.69, 9.17) is 0 Å². The summed E-state index contributed by atoms with van der Waals surface area (Å²) >= 11 is 0. The predicted octanol–water partition coefficient (Wildman–Crippen LogP) is -0.138. The molecule has 0 unspecified atom stereocenters. The molecule has 1 aromatic carbocycles. The van der Waals surface area contributed by atoms with Crippen LogP contribution in [0.1, 0.15) is 13.8 Å². The van der Waals surface area contributed by atoms with Crippen molar-refractivity contribution in [2.45, 2.75) is 13.8 Å². The molecule has 78 valence electrons. The number of hydrogen-bond donors (Lipinski definition) is 2. The molecule has 0 atom stereocenters. The van der Waals surface area contributed by atoms with Gasteiger partial charge < -0.3 is 10.6 Å². The van der Waals surface area contributed by atoms with Crippen LogP contribution < -0.4 is 16.1 Å². The molecular formula is C10H13BN2O2. The molecule has 5 heteroatoms. The lowest BCUT2D eigenvalue weighted by Gasteiger charge is -2.11. The molecule has 0 aromatic heterocycles. The van der Waals surface area contributed by atoms with Gasteiger partial charge in [0.05, 0.1) is 11.4 Å². The first kappa shape index (κ1) is 11.3. The fraction of sp³-hybridized carbons (Fsp3) is 0.200. The standard InChI is InChI=1S/C10H13BN2O2/c1-6(14)12-9-4-3-8(11)5-10(9)13-7(2)15/h3-5H,11H2,1-2H3,(H,12,14)(H,13,15). The Morgan fingerprint density at radius 1 is 1.07 bits per heavy atom. The van der Waals surface area contributed by atoms with Crippen molar-refractivity contribution in [2.24, 2.45) is 0 Å². The molecule has 0 heterocycles. The maximum atomic E-state index is 10.9. The van der Waals surface area contributed by atoms with Gasteiger partial charge >= 0.3 is 0 Å². The minimum atomic E-state index is -0.162. The molecule has 0 aliphatic rings. The highest BCUT2D eigenvalue weighted by molar-refractivity contribution is 6.33. The molecule has 0 saturated carbocycles. The Bertz CT molecular complexity index is 404. The fourth-order valence-electron chi connectivity index (χ4n) is 1.25. The summed E-state index contributed by atoms with van der Waals surface area (Å²) in [4.78, 5) is 21.9. The Morgan fingerprint density at radius 3 is 2.13 bits per heavy atom. The number of hydrogen-bond acceptors (Lipinski definition) is 2. The molecule has 4 nitrogen and oxygen atoms in total. The third kappa shape index (κ3) is 3.46. The first-order valence-corrected chi connectivity index (χ1v) is 4.65. The molecule has 0 radical (unpaired) electrons. The van der Waals surface area contributed by atoms with E-state index in [1.54, 1.807) is 6.07 Å². The Hall–Kier alpha value is -1.78. The molecule has 2 amide bonds. The van der Waals surface area contributed by atoms with Crippen molar-refractivity contribution in [3.63, 3.8) is 0 Å². The molecule has 0 fully saturated rings. The molecular weight excluding hydrogens is 191 g/mol. The number of carbonyl (C=O) groups excluding carboxylic acids is 2. The number of rotatable bonds is 2. The maximum absolute atomic E-state index is 10.9. The molecule has 0 aliphatic carbocycles. The number of anilines is 2. The van der Waals surface area contributed by atoms with Crippen molar-refractivity contribution in [3.8, 4) is 0 Å².